The molecule has 2 N–H and O–H groups in total. The van der Waals surface area contributed by atoms with E-state index < -0.39 is 10.1 Å². The maximum atomic E-state index is 10.5. The number of nitrogens with one attached hydrogen (secondary N) is 1. The zero-order valence-corrected chi connectivity index (χ0v) is 22.0. The van der Waals surface area contributed by atoms with Gasteiger partial charge >= 0.3 is 0 Å². The largest absolute Gasteiger partial charge is 0.340 e. The summed E-state index contributed by atoms with van der Waals surface area (Å²) in [6.07, 6.45) is 2.22. The second kappa shape index (κ2) is 10.7. The average molecular weight is 523 g/mol. The molecule has 0 atom stereocenters. The minimum absolute atomic E-state index is 0.0666. The summed E-state index contributed by atoms with van der Waals surface area (Å²) in [5.74, 6) is 1.08. The lowest BCUT2D eigenvalue weighted by molar-refractivity contribution is -0.669. The summed E-state index contributed by atoms with van der Waals surface area (Å²) in [6.45, 7) is 7.98. The SMILES string of the molecule is CCN1C(=Cc2ccc3ccccc3[n+]2CC)Nc2ccc(Cl)cc21.Cc1ccc(S(=O)(=O)O)cc1. The summed E-state index contributed by atoms with van der Waals surface area (Å²) in [5.41, 5.74) is 5.62. The number of benzene rings is 3. The number of fused-ring (bicyclic) bond motifs is 2. The highest BCUT2D eigenvalue weighted by molar-refractivity contribution is 7.85. The van der Waals surface area contributed by atoms with E-state index in [0.717, 1.165) is 40.9 Å². The fourth-order valence-electron chi connectivity index (χ4n) is 4.23. The number of anilines is 2. The van der Waals surface area contributed by atoms with Crippen LogP contribution in [0.3, 0.4) is 0 Å². The summed E-state index contributed by atoms with van der Waals surface area (Å²) in [4.78, 5) is 2.19. The quantitative estimate of drug-likeness (QED) is 0.243. The van der Waals surface area contributed by atoms with Gasteiger partial charge < -0.3 is 10.2 Å². The molecular formula is C28H29ClN3O3S+. The molecule has 0 bridgehead atoms. The predicted octanol–water partition coefficient (Wildman–Crippen LogP) is 6.29. The Morgan fingerprint density at radius 2 is 1.72 bits per heavy atom. The van der Waals surface area contributed by atoms with Gasteiger partial charge in [0.15, 0.2) is 0 Å². The predicted molar refractivity (Wildman–Crippen MR) is 147 cm³/mol. The first-order valence-electron chi connectivity index (χ1n) is 11.7. The highest BCUT2D eigenvalue weighted by atomic mass is 35.5. The summed E-state index contributed by atoms with van der Waals surface area (Å²) in [5, 5.41) is 5.54. The zero-order valence-electron chi connectivity index (χ0n) is 20.4. The van der Waals surface area contributed by atoms with Crippen molar-refractivity contribution in [1.29, 1.82) is 0 Å². The van der Waals surface area contributed by atoms with Gasteiger partial charge in [-0.25, -0.2) is 0 Å². The van der Waals surface area contributed by atoms with Crippen molar-refractivity contribution in [2.75, 3.05) is 16.8 Å². The van der Waals surface area contributed by atoms with E-state index >= 15 is 0 Å². The van der Waals surface area contributed by atoms with Crippen molar-refractivity contribution in [3.8, 4) is 0 Å². The molecule has 8 heteroatoms. The lowest BCUT2D eigenvalue weighted by Gasteiger charge is -2.17. The van der Waals surface area contributed by atoms with E-state index in [0.29, 0.717) is 0 Å². The molecule has 0 saturated heterocycles. The van der Waals surface area contributed by atoms with Gasteiger partial charge in [0, 0.05) is 29.1 Å². The Morgan fingerprint density at radius 3 is 2.39 bits per heavy atom. The van der Waals surface area contributed by atoms with Crippen molar-refractivity contribution >= 4 is 50.1 Å². The molecule has 186 valence electrons. The third-order valence-corrected chi connectivity index (χ3v) is 7.12. The Bertz CT molecular complexity index is 1530. The fraction of sp³-hybridized carbons (Fsp3) is 0.179. The van der Waals surface area contributed by atoms with E-state index in [9.17, 15) is 8.42 Å². The van der Waals surface area contributed by atoms with Crippen molar-refractivity contribution < 1.29 is 17.5 Å². The van der Waals surface area contributed by atoms with Crippen molar-refractivity contribution in [1.82, 2.24) is 0 Å². The highest BCUT2D eigenvalue weighted by Crippen LogP contribution is 2.38. The summed E-state index contributed by atoms with van der Waals surface area (Å²) in [6, 6.07) is 24.8. The molecule has 0 aliphatic carbocycles. The molecule has 0 fully saturated rings. The Morgan fingerprint density at radius 1 is 1.00 bits per heavy atom. The summed E-state index contributed by atoms with van der Waals surface area (Å²) in [7, 11) is -4.02. The topological polar surface area (TPSA) is 73.5 Å². The molecule has 0 radical (unpaired) electrons. The second-order valence-corrected chi connectivity index (χ2v) is 10.3. The van der Waals surface area contributed by atoms with Gasteiger partial charge in [0.05, 0.1) is 22.3 Å². The highest BCUT2D eigenvalue weighted by Gasteiger charge is 2.24. The van der Waals surface area contributed by atoms with Crippen LogP contribution in [-0.4, -0.2) is 19.5 Å². The normalized spacial score (nSPS) is 13.8. The van der Waals surface area contributed by atoms with Crippen LogP contribution in [0.4, 0.5) is 11.4 Å². The van der Waals surface area contributed by atoms with Crippen molar-refractivity contribution in [2.24, 2.45) is 0 Å². The van der Waals surface area contributed by atoms with Gasteiger partial charge in [0.2, 0.25) is 11.2 Å². The van der Waals surface area contributed by atoms with Crippen molar-refractivity contribution in [3.05, 3.63) is 101 Å². The maximum absolute atomic E-state index is 10.5. The number of para-hydroxylation sites is 1. The number of hydrogen-bond donors (Lipinski definition) is 2. The summed E-state index contributed by atoms with van der Waals surface area (Å²) < 4.78 is 31.9. The lowest BCUT2D eigenvalue weighted by atomic mass is 10.2. The Kier molecular flexibility index (Phi) is 7.64. The monoisotopic (exact) mass is 522 g/mol. The molecular weight excluding hydrogens is 494 g/mol. The van der Waals surface area contributed by atoms with Crippen LogP contribution < -0.4 is 14.8 Å². The van der Waals surface area contributed by atoms with E-state index in [2.05, 4.69) is 71.1 Å². The van der Waals surface area contributed by atoms with Crippen LogP contribution in [0.1, 0.15) is 25.1 Å². The van der Waals surface area contributed by atoms with Gasteiger partial charge in [0.1, 0.15) is 12.4 Å². The number of aromatic nitrogens is 1. The van der Waals surface area contributed by atoms with Crippen LogP contribution in [0.15, 0.2) is 89.6 Å². The summed E-state index contributed by atoms with van der Waals surface area (Å²) >= 11 is 6.19. The molecule has 36 heavy (non-hydrogen) atoms. The molecule has 2 heterocycles. The number of rotatable bonds is 4. The molecule has 3 aromatic carbocycles. The van der Waals surface area contributed by atoms with E-state index in [1.54, 1.807) is 12.1 Å². The van der Waals surface area contributed by atoms with Crippen LogP contribution >= 0.6 is 11.6 Å². The molecule has 1 aliphatic heterocycles. The van der Waals surface area contributed by atoms with Gasteiger partial charge in [-0.2, -0.15) is 13.0 Å². The molecule has 1 aromatic heterocycles. The molecule has 1 aliphatic rings. The Hall–Kier alpha value is -3.39. The van der Waals surface area contributed by atoms with Crippen LogP contribution in [-0.2, 0) is 16.7 Å². The zero-order chi connectivity index (χ0) is 25.9. The number of nitrogens with zero attached hydrogens (tertiary/aromatic N) is 2. The van der Waals surface area contributed by atoms with E-state index in [4.69, 9.17) is 16.2 Å². The van der Waals surface area contributed by atoms with E-state index in [1.165, 1.54) is 28.7 Å². The molecule has 6 nitrogen and oxygen atoms in total. The Balaban J connectivity index is 0.000000233. The van der Waals surface area contributed by atoms with Gasteiger partial charge in [-0.3, -0.25) is 4.55 Å². The van der Waals surface area contributed by atoms with Crippen LogP contribution in [0.2, 0.25) is 5.02 Å². The molecule has 4 aromatic rings. The minimum Gasteiger partial charge on any atom is -0.340 e. The number of halogens is 1. The molecule has 0 unspecified atom stereocenters. The molecule has 0 saturated carbocycles. The lowest BCUT2D eigenvalue weighted by Crippen LogP contribution is -2.37. The van der Waals surface area contributed by atoms with Crippen molar-refractivity contribution in [2.45, 2.75) is 32.2 Å². The number of hydrogen-bond acceptors (Lipinski definition) is 4. The van der Waals surface area contributed by atoms with Crippen LogP contribution in [0.5, 0.6) is 0 Å². The van der Waals surface area contributed by atoms with Gasteiger partial charge in [-0.1, -0.05) is 41.4 Å². The third kappa shape index (κ3) is 5.54. The third-order valence-electron chi connectivity index (χ3n) is 6.01. The first-order valence-corrected chi connectivity index (χ1v) is 13.5. The maximum Gasteiger partial charge on any atom is 0.294 e. The van der Waals surface area contributed by atoms with E-state index in [1.807, 2.05) is 25.1 Å². The fourth-order valence-corrected chi connectivity index (χ4v) is 4.88. The number of aryl methyl sites for hydroxylation is 2. The molecule has 5 rings (SSSR count). The van der Waals surface area contributed by atoms with Crippen LogP contribution in [0, 0.1) is 6.92 Å². The van der Waals surface area contributed by atoms with Gasteiger partial charge in [0.25, 0.3) is 10.1 Å². The van der Waals surface area contributed by atoms with Crippen molar-refractivity contribution in [3.63, 3.8) is 0 Å². The van der Waals surface area contributed by atoms with Crippen LogP contribution in [0.25, 0.3) is 17.0 Å². The minimum atomic E-state index is -4.02. The molecule has 0 amide bonds. The first kappa shape index (κ1) is 25.7. The smallest absolute Gasteiger partial charge is 0.294 e. The Labute approximate surface area is 217 Å². The molecule has 0 spiro atoms. The number of pyridine rings is 1. The van der Waals surface area contributed by atoms with E-state index in [-0.39, 0.29) is 4.90 Å². The first-order chi connectivity index (χ1) is 17.2. The van der Waals surface area contributed by atoms with Gasteiger partial charge in [-0.05, 0) is 63.2 Å². The second-order valence-electron chi connectivity index (χ2n) is 8.41. The standard InChI is InChI=1S/C21H20ClN3.C7H8O3S/c1-3-24-17(11-9-15-7-5-6-8-19(15)24)14-21-23-18-12-10-16(22)13-20(18)25(21)4-2;1-6-2-4-7(5-3-6)11(8,9)10/h5-14H,3-4H2,1-2H3;2-5H,1H3,(H,8,9,10)/p+1. The van der Waals surface area contributed by atoms with Gasteiger partial charge in [-0.15, -0.1) is 0 Å². The average Bonchev–Trinajstić information content (AvgIpc) is 3.20.